The van der Waals surface area contributed by atoms with Crippen molar-refractivity contribution in [2.45, 2.75) is 64.2 Å². The van der Waals surface area contributed by atoms with Crippen molar-refractivity contribution >= 4 is 0 Å². The van der Waals surface area contributed by atoms with E-state index in [4.69, 9.17) is 25.7 Å². The molecule has 0 N–H and O–H groups in total. The number of terminal acetylenes is 4. The second-order valence-corrected chi connectivity index (χ2v) is 3.94. The largest absolute Gasteiger partial charge is 0.120 e. The van der Waals surface area contributed by atoms with Crippen LogP contribution < -0.4 is 0 Å². The normalized spacial score (nSPS) is 7.78. The average molecular weight is 240 g/mol. The second kappa shape index (κ2) is 20.6. The van der Waals surface area contributed by atoms with Gasteiger partial charge in [0.25, 0.3) is 0 Å². The fraction of sp³-hybridized carbons (Fsp3) is 0.556. The van der Waals surface area contributed by atoms with Crippen molar-refractivity contribution in [3.63, 3.8) is 0 Å². The molecule has 0 saturated heterocycles. The van der Waals surface area contributed by atoms with Gasteiger partial charge in [0.05, 0.1) is 0 Å². The molecule has 96 valence electrons. The fourth-order valence-electron chi connectivity index (χ4n) is 1.26. The Bertz CT molecular complexity index is 274. The summed E-state index contributed by atoms with van der Waals surface area (Å²) in [6.07, 6.45) is 30.6. The molecule has 0 bridgehead atoms. The molecule has 0 aliphatic carbocycles. The zero-order valence-electron chi connectivity index (χ0n) is 11.4. The van der Waals surface area contributed by atoms with Crippen LogP contribution in [0.1, 0.15) is 64.2 Å². The summed E-state index contributed by atoms with van der Waals surface area (Å²) in [6.45, 7) is 0. The van der Waals surface area contributed by atoms with Crippen LogP contribution in [0, 0.1) is 49.4 Å². The summed E-state index contributed by atoms with van der Waals surface area (Å²) in [4.78, 5) is 0. The Kier molecular flexibility index (Phi) is 21.3. The lowest BCUT2D eigenvalue weighted by atomic mass is 10.1. The van der Waals surface area contributed by atoms with E-state index in [2.05, 4.69) is 23.7 Å². The van der Waals surface area contributed by atoms with Crippen LogP contribution in [0.25, 0.3) is 0 Å². The van der Waals surface area contributed by atoms with E-state index < -0.39 is 0 Å². The standard InChI is InChI=1S/C10H14.C8H10/c1-3-5-7-9-10-8-6-4-2;1-3-5-7-8-6-4-2/h1-2H,5-10H2;1-2H,5-8H2. The van der Waals surface area contributed by atoms with Gasteiger partial charge in [-0.3, -0.25) is 0 Å². The molecule has 0 aromatic heterocycles. The maximum atomic E-state index is 5.09. The molecule has 0 rings (SSSR count). The van der Waals surface area contributed by atoms with Crippen LogP contribution in [-0.4, -0.2) is 0 Å². The van der Waals surface area contributed by atoms with Crippen LogP contribution in [0.4, 0.5) is 0 Å². The van der Waals surface area contributed by atoms with Gasteiger partial charge in [-0.1, -0.05) is 12.8 Å². The average Bonchev–Trinajstić information content (AvgIpc) is 2.40. The lowest BCUT2D eigenvalue weighted by Gasteiger charge is -1.93. The summed E-state index contributed by atoms with van der Waals surface area (Å²) in [6, 6.07) is 0. The summed E-state index contributed by atoms with van der Waals surface area (Å²) >= 11 is 0. The molecule has 18 heavy (non-hydrogen) atoms. The predicted octanol–water partition coefficient (Wildman–Crippen LogP) is 4.41. The summed E-state index contributed by atoms with van der Waals surface area (Å²) in [5.41, 5.74) is 0. The molecule has 0 amide bonds. The Labute approximate surface area is 114 Å². The molecule has 0 aromatic rings. The van der Waals surface area contributed by atoms with Crippen molar-refractivity contribution < 1.29 is 0 Å². The van der Waals surface area contributed by atoms with Crippen molar-refractivity contribution in [1.82, 2.24) is 0 Å². The third kappa shape index (κ3) is 23.8. The first-order valence-corrected chi connectivity index (χ1v) is 6.57. The highest BCUT2D eigenvalue weighted by molar-refractivity contribution is 4.86. The third-order valence-corrected chi connectivity index (χ3v) is 2.28. The molecule has 0 unspecified atom stereocenters. The smallest absolute Gasteiger partial charge is 0.00863 e. The Hall–Kier alpha value is -1.76. The Morgan fingerprint density at radius 3 is 0.833 bits per heavy atom. The minimum absolute atomic E-state index is 0.863. The second-order valence-electron chi connectivity index (χ2n) is 3.94. The number of hydrogen-bond donors (Lipinski definition) is 0. The molecule has 0 nitrogen and oxygen atoms in total. The maximum absolute atomic E-state index is 5.09. The minimum Gasteiger partial charge on any atom is -0.120 e. The summed E-state index contributed by atoms with van der Waals surface area (Å²) < 4.78 is 0. The van der Waals surface area contributed by atoms with Crippen molar-refractivity contribution in [1.29, 1.82) is 0 Å². The van der Waals surface area contributed by atoms with Gasteiger partial charge in [-0.05, 0) is 25.7 Å². The number of hydrogen-bond acceptors (Lipinski definition) is 0. The van der Waals surface area contributed by atoms with E-state index >= 15 is 0 Å². The Morgan fingerprint density at radius 2 is 0.611 bits per heavy atom. The van der Waals surface area contributed by atoms with E-state index in [-0.39, 0.29) is 0 Å². The summed E-state index contributed by atoms with van der Waals surface area (Å²) in [5, 5.41) is 0. The molecule has 0 fully saturated rings. The van der Waals surface area contributed by atoms with E-state index in [9.17, 15) is 0 Å². The molecule has 0 aromatic carbocycles. The first-order chi connectivity index (χ1) is 8.83. The van der Waals surface area contributed by atoms with Gasteiger partial charge in [0, 0.05) is 25.7 Å². The van der Waals surface area contributed by atoms with Gasteiger partial charge in [0.1, 0.15) is 0 Å². The Balaban J connectivity index is 0. The molecular weight excluding hydrogens is 216 g/mol. The zero-order valence-corrected chi connectivity index (χ0v) is 11.4. The van der Waals surface area contributed by atoms with Crippen molar-refractivity contribution in [2.75, 3.05) is 0 Å². The summed E-state index contributed by atoms with van der Waals surface area (Å²) in [5.74, 6) is 10.4. The molecule has 0 radical (unpaired) electrons. The lowest BCUT2D eigenvalue weighted by molar-refractivity contribution is 0.661. The molecule has 0 heterocycles. The number of unbranched alkanes of at least 4 members (excludes halogenated alkanes) is 8. The van der Waals surface area contributed by atoms with Crippen LogP contribution in [0.5, 0.6) is 0 Å². The molecule has 0 aliphatic rings. The van der Waals surface area contributed by atoms with Gasteiger partial charge in [-0.25, -0.2) is 0 Å². The van der Waals surface area contributed by atoms with Gasteiger partial charge in [0.2, 0.25) is 0 Å². The van der Waals surface area contributed by atoms with Crippen LogP contribution >= 0.6 is 0 Å². The molecule has 0 spiro atoms. The van der Waals surface area contributed by atoms with Crippen LogP contribution in [0.15, 0.2) is 0 Å². The van der Waals surface area contributed by atoms with E-state index in [0.29, 0.717) is 0 Å². The lowest BCUT2D eigenvalue weighted by Crippen LogP contribution is -1.76. The SMILES string of the molecule is C#CCCCCC#C.C#CCCCCCCC#C. The fourth-order valence-corrected chi connectivity index (χ4v) is 1.26. The van der Waals surface area contributed by atoms with E-state index in [1.54, 1.807) is 0 Å². The minimum atomic E-state index is 0.863. The van der Waals surface area contributed by atoms with Gasteiger partial charge >= 0.3 is 0 Å². The van der Waals surface area contributed by atoms with Gasteiger partial charge in [0.15, 0.2) is 0 Å². The third-order valence-electron chi connectivity index (χ3n) is 2.28. The van der Waals surface area contributed by atoms with Crippen LogP contribution in [-0.2, 0) is 0 Å². The van der Waals surface area contributed by atoms with Gasteiger partial charge in [-0.2, -0.15) is 0 Å². The first kappa shape index (κ1) is 18.6. The Morgan fingerprint density at radius 1 is 0.389 bits per heavy atom. The zero-order chi connectivity index (χ0) is 13.9. The summed E-state index contributed by atoms with van der Waals surface area (Å²) in [7, 11) is 0. The predicted molar refractivity (Wildman–Crippen MR) is 81.5 cm³/mol. The molecule has 0 atom stereocenters. The van der Waals surface area contributed by atoms with E-state index in [0.717, 1.165) is 51.4 Å². The number of rotatable bonds is 8. The quantitative estimate of drug-likeness (QED) is 0.435. The van der Waals surface area contributed by atoms with Crippen molar-refractivity contribution in [3.05, 3.63) is 0 Å². The monoisotopic (exact) mass is 240 g/mol. The highest BCUT2D eigenvalue weighted by Crippen LogP contribution is 2.03. The van der Waals surface area contributed by atoms with E-state index in [1.165, 1.54) is 12.8 Å². The van der Waals surface area contributed by atoms with Crippen LogP contribution in [0.3, 0.4) is 0 Å². The topological polar surface area (TPSA) is 0 Å². The highest BCUT2D eigenvalue weighted by Gasteiger charge is 1.85. The first-order valence-electron chi connectivity index (χ1n) is 6.57. The molecule has 0 saturated carbocycles. The van der Waals surface area contributed by atoms with Crippen LogP contribution in [0.2, 0.25) is 0 Å². The van der Waals surface area contributed by atoms with E-state index in [1.807, 2.05) is 0 Å². The van der Waals surface area contributed by atoms with Gasteiger partial charge in [-0.15, -0.1) is 49.4 Å². The molecule has 0 aliphatic heterocycles. The van der Waals surface area contributed by atoms with Gasteiger partial charge < -0.3 is 0 Å². The maximum Gasteiger partial charge on any atom is 0.00863 e. The molecular formula is C18H24. The van der Waals surface area contributed by atoms with Crippen molar-refractivity contribution in [3.8, 4) is 49.4 Å². The van der Waals surface area contributed by atoms with Crippen molar-refractivity contribution in [2.24, 2.45) is 0 Å². The highest BCUT2D eigenvalue weighted by atomic mass is 13.9. The molecule has 0 heteroatoms.